The van der Waals surface area contributed by atoms with E-state index in [0.29, 0.717) is 12.0 Å². The van der Waals surface area contributed by atoms with Crippen LogP contribution in [-0.2, 0) is 6.42 Å². The summed E-state index contributed by atoms with van der Waals surface area (Å²) in [5.41, 5.74) is 9.93. The summed E-state index contributed by atoms with van der Waals surface area (Å²) < 4.78 is 13.8. The topological polar surface area (TPSA) is 26.0 Å². The van der Waals surface area contributed by atoms with Gasteiger partial charge < -0.3 is 5.73 Å². The number of hydrogen-bond donors (Lipinski definition) is 1. The number of nitrogens with two attached hydrogens (primary N) is 1. The van der Waals surface area contributed by atoms with Crippen LogP contribution in [0, 0.1) is 19.7 Å². The van der Waals surface area contributed by atoms with Gasteiger partial charge in [0.05, 0.1) is 0 Å². The molecule has 0 radical (unpaired) electrons. The van der Waals surface area contributed by atoms with Crippen LogP contribution in [-0.4, -0.2) is 0 Å². The first-order valence-electron chi connectivity index (χ1n) is 6.13. The summed E-state index contributed by atoms with van der Waals surface area (Å²) in [6, 6.07) is 13.1. The van der Waals surface area contributed by atoms with Crippen molar-refractivity contribution in [3.8, 4) is 0 Å². The van der Waals surface area contributed by atoms with Gasteiger partial charge in [0.2, 0.25) is 0 Å². The average Bonchev–Trinajstić information content (AvgIpc) is 2.28. The monoisotopic (exact) mass is 243 g/mol. The minimum absolute atomic E-state index is 0.213. The predicted molar refractivity (Wildman–Crippen MR) is 72.9 cm³/mol. The molecule has 1 atom stereocenters. The maximum atomic E-state index is 13.8. The molecule has 2 rings (SSSR count). The van der Waals surface area contributed by atoms with Gasteiger partial charge in [0.15, 0.2) is 0 Å². The van der Waals surface area contributed by atoms with E-state index in [1.165, 1.54) is 11.6 Å². The Kier molecular flexibility index (Phi) is 3.78. The standard InChI is InChI=1S/C16H18FN/c1-11-4-3-5-13(8-11)10-16(18)14-7-6-12(2)9-15(14)17/h3-9,16H,10,18H2,1-2H3. The molecule has 0 aromatic heterocycles. The first kappa shape index (κ1) is 12.8. The molecule has 0 saturated carbocycles. The Morgan fingerprint density at radius 3 is 2.44 bits per heavy atom. The first-order valence-corrected chi connectivity index (χ1v) is 6.13. The van der Waals surface area contributed by atoms with Crippen molar-refractivity contribution < 1.29 is 4.39 Å². The van der Waals surface area contributed by atoms with Crippen molar-refractivity contribution in [3.05, 3.63) is 70.5 Å². The molecule has 2 N–H and O–H groups in total. The third-order valence-corrected chi connectivity index (χ3v) is 3.09. The Hall–Kier alpha value is -1.67. The van der Waals surface area contributed by atoms with Crippen LogP contribution in [0.3, 0.4) is 0 Å². The fraction of sp³-hybridized carbons (Fsp3) is 0.250. The molecule has 0 bridgehead atoms. The van der Waals surface area contributed by atoms with Crippen LogP contribution in [0.4, 0.5) is 4.39 Å². The summed E-state index contributed by atoms with van der Waals surface area (Å²) in [6.07, 6.45) is 0.654. The molecule has 2 aromatic rings. The van der Waals surface area contributed by atoms with E-state index in [-0.39, 0.29) is 11.9 Å². The van der Waals surface area contributed by atoms with Gasteiger partial charge in [-0.15, -0.1) is 0 Å². The zero-order valence-corrected chi connectivity index (χ0v) is 10.8. The van der Waals surface area contributed by atoms with Gasteiger partial charge in [0, 0.05) is 11.6 Å². The van der Waals surface area contributed by atoms with Gasteiger partial charge in [-0.25, -0.2) is 4.39 Å². The van der Waals surface area contributed by atoms with Crippen molar-refractivity contribution in [1.29, 1.82) is 0 Å². The van der Waals surface area contributed by atoms with Gasteiger partial charge in [-0.2, -0.15) is 0 Å². The summed E-state index contributed by atoms with van der Waals surface area (Å²) in [7, 11) is 0. The smallest absolute Gasteiger partial charge is 0.128 e. The Bertz CT molecular complexity index is 549. The minimum Gasteiger partial charge on any atom is -0.324 e. The van der Waals surface area contributed by atoms with Gasteiger partial charge in [0.25, 0.3) is 0 Å². The number of rotatable bonds is 3. The van der Waals surface area contributed by atoms with E-state index in [4.69, 9.17) is 5.73 Å². The highest BCUT2D eigenvalue weighted by Gasteiger charge is 2.12. The second-order valence-electron chi connectivity index (χ2n) is 4.82. The number of benzene rings is 2. The number of halogens is 1. The molecule has 1 nitrogen and oxygen atoms in total. The Morgan fingerprint density at radius 2 is 1.78 bits per heavy atom. The normalized spacial score (nSPS) is 12.4. The molecular formula is C16H18FN. The molecule has 0 aliphatic heterocycles. The number of aryl methyl sites for hydroxylation is 2. The minimum atomic E-state index is -0.299. The summed E-state index contributed by atoms with van der Waals surface area (Å²) >= 11 is 0. The lowest BCUT2D eigenvalue weighted by molar-refractivity contribution is 0.579. The Morgan fingerprint density at radius 1 is 1.06 bits per heavy atom. The second-order valence-corrected chi connectivity index (χ2v) is 4.82. The molecular weight excluding hydrogens is 225 g/mol. The van der Waals surface area contributed by atoms with Crippen LogP contribution >= 0.6 is 0 Å². The van der Waals surface area contributed by atoms with Crippen LogP contribution in [0.15, 0.2) is 42.5 Å². The molecule has 0 spiro atoms. The average molecular weight is 243 g/mol. The van der Waals surface area contributed by atoms with Crippen molar-refractivity contribution >= 4 is 0 Å². The lowest BCUT2D eigenvalue weighted by atomic mass is 9.97. The van der Waals surface area contributed by atoms with Crippen LogP contribution in [0.5, 0.6) is 0 Å². The molecule has 2 aromatic carbocycles. The van der Waals surface area contributed by atoms with Crippen LogP contribution in [0.1, 0.15) is 28.3 Å². The highest BCUT2D eigenvalue weighted by Crippen LogP contribution is 2.20. The van der Waals surface area contributed by atoms with Crippen molar-refractivity contribution in [3.63, 3.8) is 0 Å². The summed E-state index contributed by atoms with van der Waals surface area (Å²) in [5, 5.41) is 0. The Balaban J connectivity index is 2.19. The largest absolute Gasteiger partial charge is 0.324 e. The van der Waals surface area contributed by atoms with E-state index in [2.05, 4.69) is 6.07 Å². The number of hydrogen-bond acceptors (Lipinski definition) is 1. The van der Waals surface area contributed by atoms with E-state index in [0.717, 1.165) is 11.1 Å². The van der Waals surface area contributed by atoms with E-state index in [9.17, 15) is 4.39 Å². The SMILES string of the molecule is Cc1cccc(CC(N)c2ccc(C)cc2F)c1. The molecule has 18 heavy (non-hydrogen) atoms. The molecule has 2 heteroatoms. The molecule has 0 aliphatic carbocycles. The molecule has 1 unspecified atom stereocenters. The van der Waals surface area contributed by atoms with Crippen LogP contribution in [0.25, 0.3) is 0 Å². The molecule has 0 heterocycles. The van der Waals surface area contributed by atoms with Crippen LogP contribution in [0.2, 0.25) is 0 Å². The molecule has 0 fully saturated rings. The fourth-order valence-corrected chi connectivity index (χ4v) is 2.14. The second kappa shape index (κ2) is 5.32. The van der Waals surface area contributed by atoms with E-state index in [1.54, 1.807) is 6.07 Å². The molecule has 94 valence electrons. The van der Waals surface area contributed by atoms with E-state index < -0.39 is 0 Å². The van der Waals surface area contributed by atoms with Crippen molar-refractivity contribution in [1.82, 2.24) is 0 Å². The van der Waals surface area contributed by atoms with Crippen LogP contribution < -0.4 is 5.73 Å². The summed E-state index contributed by atoms with van der Waals surface area (Å²) in [5.74, 6) is -0.213. The van der Waals surface area contributed by atoms with Crippen molar-refractivity contribution in [2.24, 2.45) is 5.73 Å². The lowest BCUT2D eigenvalue weighted by Crippen LogP contribution is -2.15. The fourth-order valence-electron chi connectivity index (χ4n) is 2.14. The quantitative estimate of drug-likeness (QED) is 0.874. The highest BCUT2D eigenvalue weighted by molar-refractivity contribution is 5.29. The lowest BCUT2D eigenvalue weighted by Gasteiger charge is -2.14. The van der Waals surface area contributed by atoms with Crippen molar-refractivity contribution in [2.75, 3.05) is 0 Å². The highest BCUT2D eigenvalue weighted by atomic mass is 19.1. The summed E-state index contributed by atoms with van der Waals surface area (Å²) in [6.45, 7) is 3.92. The summed E-state index contributed by atoms with van der Waals surface area (Å²) in [4.78, 5) is 0. The van der Waals surface area contributed by atoms with Gasteiger partial charge in [-0.3, -0.25) is 0 Å². The van der Waals surface area contributed by atoms with Gasteiger partial charge in [0.1, 0.15) is 5.82 Å². The Labute approximate surface area is 107 Å². The van der Waals surface area contributed by atoms with Crippen molar-refractivity contribution in [2.45, 2.75) is 26.3 Å². The van der Waals surface area contributed by atoms with Gasteiger partial charge in [-0.1, -0.05) is 42.0 Å². The molecule has 0 amide bonds. The van der Waals surface area contributed by atoms with E-state index >= 15 is 0 Å². The first-order chi connectivity index (χ1) is 8.56. The zero-order chi connectivity index (χ0) is 13.1. The third kappa shape index (κ3) is 2.96. The van der Waals surface area contributed by atoms with E-state index in [1.807, 2.05) is 38.1 Å². The zero-order valence-electron chi connectivity index (χ0n) is 10.8. The third-order valence-electron chi connectivity index (χ3n) is 3.09. The molecule has 0 aliphatic rings. The van der Waals surface area contributed by atoms with Gasteiger partial charge in [-0.05, 0) is 37.5 Å². The maximum absolute atomic E-state index is 13.8. The predicted octanol–water partition coefficient (Wildman–Crippen LogP) is 3.69. The maximum Gasteiger partial charge on any atom is 0.128 e. The molecule has 0 saturated heterocycles. The van der Waals surface area contributed by atoms with Gasteiger partial charge >= 0.3 is 0 Å².